The first-order valence-corrected chi connectivity index (χ1v) is 6.66. The van der Waals surface area contributed by atoms with Crippen LogP contribution in [0.4, 0.5) is 0 Å². The SMILES string of the molecule is O=C(Cc1noc2ccccc12)N[C@@H]1CCCNC1. The summed E-state index contributed by atoms with van der Waals surface area (Å²) >= 11 is 0. The van der Waals surface area contributed by atoms with Gasteiger partial charge in [-0.2, -0.15) is 0 Å². The van der Waals surface area contributed by atoms with Gasteiger partial charge in [0.15, 0.2) is 5.58 Å². The number of rotatable bonds is 3. The number of hydrogen-bond acceptors (Lipinski definition) is 4. The van der Waals surface area contributed by atoms with E-state index in [1.807, 2.05) is 24.3 Å². The van der Waals surface area contributed by atoms with Gasteiger partial charge in [-0.25, -0.2) is 0 Å². The second-order valence-electron chi connectivity index (χ2n) is 4.91. The Bertz CT molecular complexity index is 573. The maximum Gasteiger partial charge on any atom is 0.226 e. The normalized spacial score (nSPS) is 19.5. The van der Waals surface area contributed by atoms with Crippen LogP contribution < -0.4 is 10.6 Å². The molecule has 5 heteroatoms. The molecule has 1 fully saturated rings. The van der Waals surface area contributed by atoms with Gasteiger partial charge in [-0.05, 0) is 31.5 Å². The van der Waals surface area contributed by atoms with Crippen LogP contribution in [0.3, 0.4) is 0 Å². The van der Waals surface area contributed by atoms with E-state index in [0.717, 1.165) is 36.9 Å². The maximum atomic E-state index is 12.0. The Morgan fingerprint density at radius 3 is 3.21 bits per heavy atom. The van der Waals surface area contributed by atoms with E-state index in [1.54, 1.807) is 0 Å². The van der Waals surface area contributed by atoms with Gasteiger partial charge in [-0.15, -0.1) is 0 Å². The van der Waals surface area contributed by atoms with Crippen molar-refractivity contribution in [2.75, 3.05) is 13.1 Å². The third-order valence-corrected chi connectivity index (χ3v) is 3.44. The number of amides is 1. The van der Waals surface area contributed by atoms with Crippen LogP contribution in [0, 0.1) is 0 Å². The third-order valence-electron chi connectivity index (χ3n) is 3.44. The summed E-state index contributed by atoms with van der Waals surface area (Å²) in [6.45, 7) is 1.89. The minimum absolute atomic E-state index is 0.00718. The Morgan fingerprint density at radius 2 is 2.37 bits per heavy atom. The molecule has 0 radical (unpaired) electrons. The molecule has 0 unspecified atom stereocenters. The highest BCUT2D eigenvalue weighted by molar-refractivity contribution is 5.86. The van der Waals surface area contributed by atoms with Crippen molar-refractivity contribution >= 4 is 16.9 Å². The van der Waals surface area contributed by atoms with Crippen molar-refractivity contribution in [2.45, 2.75) is 25.3 Å². The first-order chi connectivity index (χ1) is 9.33. The van der Waals surface area contributed by atoms with Gasteiger partial charge >= 0.3 is 0 Å². The Balaban J connectivity index is 1.65. The topological polar surface area (TPSA) is 67.2 Å². The average molecular weight is 259 g/mol. The molecule has 1 amide bonds. The predicted molar refractivity (Wildman–Crippen MR) is 71.7 cm³/mol. The summed E-state index contributed by atoms with van der Waals surface area (Å²) in [6.07, 6.45) is 2.42. The fourth-order valence-electron chi connectivity index (χ4n) is 2.47. The second-order valence-corrected chi connectivity index (χ2v) is 4.91. The standard InChI is InChI=1S/C14H17N3O2/c18-14(16-10-4-3-7-15-9-10)8-12-11-5-1-2-6-13(11)19-17-12/h1-2,5-6,10,15H,3-4,7-9H2,(H,16,18)/t10-/m1/s1. The molecule has 2 heterocycles. The largest absolute Gasteiger partial charge is 0.356 e. The van der Waals surface area contributed by atoms with E-state index >= 15 is 0 Å². The monoisotopic (exact) mass is 259 g/mol. The number of nitrogens with zero attached hydrogens (tertiary/aromatic N) is 1. The van der Waals surface area contributed by atoms with E-state index in [4.69, 9.17) is 4.52 Å². The molecule has 2 aromatic rings. The number of hydrogen-bond donors (Lipinski definition) is 2. The predicted octanol–water partition coefficient (Wildman–Crippen LogP) is 1.24. The number of aromatic nitrogens is 1. The molecule has 1 aromatic carbocycles. The van der Waals surface area contributed by atoms with Crippen molar-refractivity contribution < 1.29 is 9.32 Å². The molecule has 1 aliphatic rings. The van der Waals surface area contributed by atoms with Crippen LogP contribution in [0.5, 0.6) is 0 Å². The number of benzene rings is 1. The lowest BCUT2D eigenvalue weighted by molar-refractivity contribution is -0.121. The van der Waals surface area contributed by atoms with E-state index in [0.29, 0.717) is 5.69 Å². The molecule has 1 atom stereocenters. The molecule has 3 rings (SSSR count). The second kappa shape index (κ2) is 5.40. The van der Waals surface area contributed by atoms with Gasteiger partial charge in [0.1, 0.15) is 5.69 Å². The van der Waals surface area contributed by atoms with Crippen molar-refractivity contribution in [2.24, 2.45) is 0 Å². The van der Waals surface area contributed by atoms with E-state index in [1.165, 1.54) is 0 Å². The van der Waals surface area contributed by atoms with Gasteiger partial charge in [-0.1, -0.05) is 17.3 Å². The molecular formula is C14H17N3O2. The highest BCUT2D eigenvalue weighted by Gasteiger charge is 2.17. The van der Waals surface area contributed by atoms with Crippen LogP contribution in [0.25, 0.3) is 11.0 Å². The summed E-state index contributed by atoms with van der Waals surface area (Å²) in [7, 11) is 0. The van der Waals surface area contributed by atoms with Crippen LogP contribution in [-0.4, -0.2) is 30.2 Å². The lowest BCUT2D eigenvalue weighted by Gasteiger charge is -2.23. The van der Waals surface area contributed by atoms with E-state index in [-0.39, 0.29) is 18.4 Å². The molecule has 0 aliphatic carbocycles. The number of carbonyl (C=O) groups excluding carboxylic acids is 1. The van der Waals surface area contributed by atoms with Crippen molar-refractivity contribution in [3.05, 3.63) is 30.0 Å². The first kappa shape index (κ1) is 12.2. The minimum Gasteiger partial charge on any atom is -0.356 e. The molecule has 0 spiro atoms. The molecule has 0 saturated carbocycles. The number of fused-ring (bicyclic) bond motifs is 1. The molecule has 1 aliphatic heterocycles. The maximum absolute atomic E-state index is 12.0. The summed E-state index contributed by atoms with van der Waals surface area (Å²) in [5.74, 6) is 0.00718. The van der Waals surface area contributed by atoms with E-state index in [9.17, 15) is 4.79 Å². The summed E-state index contributed by atoms with van der Waals surface area (Å²) in [4.78, 5) is 12.0. The highest BCUT2D eigenvalue weighted by Crippen LogP contribution is 2.18. The Kier molecular flexibility index (Phi) is 3.46. The number of para-hydroxylation sites is 1. The first-order valence-electron chi connectivity index (χ1n) is 6.66. The molecule has 0 bridgehead atoms. The molecular weight excluding hydrogens is 242 g/mol. The van der Waals surface area contributed by atoms with Crippen LogP contribution >= 0.6 is 0 Å². The van der Waals surface area contributed by atoms with Crippen molar-refractivity contribution in [1.29, 1.82) is 0 Å². The van der Waals surface area contributed by atoms with Gasteiger partial charge in [0, 0.05) is 18.0 Å². The summed E-state index contributed by atoms with van der Waals surface area (Å²) in [6, 6.07) is 7.84. The zero-order chi connectivity index (χ0) is 13.1. The minimum atomic E-state index is 0.00718. The zero-order valence-electron chi connectivity index (χ0n) is 10.7. The van der Waals surface area contributed by atoms with E-state index in [2.05, 4.69) is 15.8 Å². The third kappa shape index (κ3) is 2.76. The van der Waals surface area contributed by atoms with Gasteiger partial charge in [0.05, 0.1) is 6.42 Å². The van der Waals surface area contributed by atoms with Crippen molar-refractivity contribution in [3.63, 3.8) is 0 Å². The van der Waals surface area contributed by atoms with Crippen LogP contribution in [-0.2, 0) is 11.2 Å². The van der Waals surface area contributed by atoms with Crippen LogP contribution in [0.2, 0.25) is 0 Å². The molecule has 5 nitrogen and oxygen atoms in total. The number of carbonyl (C=O) groups is 1. The smallest absolute Gasteiger partial charge is 0.226 e. The van der Waals surface area contributed by atoms with Gasteiger partial charge < -0.3 is 15.2 Å². The molecule has 1 aromatic heterocycles. The summed E-state index contributed by atoms with van der Waals surface area (Å²) in [5.41, 5.74) is 1.43. The number of nitrogens with one attached hydrogen (secondary N) is 2. The lowest BCUT2D eigenvalue weighted by atomic mass is 10.1. The van der Waals surface area contributed by atoms with Gasteiger partial charge in [0.25, 0.3) is 0 Å². The lowest BCUT2D eigenvalue weighted by Crippen LogP contribution is -2.46. The molecule has 1 saturated heterocycles. The Labute approximate surface area is 111 Å². The van der Waals surface area contributed by atoms with Gasteiger partial charge in [0.2, 0.25) is 5.91 Å². The fourth-order valence-corrected chi connectivity index (χ4v) is 2.47. The number of piperidine rings is 1. The van der Waals surface area contributed by atoms with E-state index < -0.39 is 0 Å². The molecule has 19 heavy (non-hydrogen) atoms. The Hall–Kier alpha value is -1.88. The Morgan fingerprint density at radius 1 is 1.47 bits per heavy atom. The van der Waals surface area contributed by atoms with Crippen molar-refractivity contribution in [1.82, 2.24) is 15.8 Å². The van der Waals surface area contributed by atoms with Crippen LogP contribution in [0.15, 0.2) is 28.8 Å². The summed E-state index contributed by atoms with van der Waals surface area (Å²) < 4.78 is 5.20. The molecule has 100 valence electrons. The average Bonchev–Trinajstić information content (AvgIpc) is 2.83. The zero-order valence-corrected chi connectivity index (χ0v) is 10.7. The van der Waals surface area contributed by atoms with Crippen LogP contribution in [0.1, 0.15) is 18.5 Å². The van der Waals surface area contributed by atoms with Gasteiger partial charge in [-0.3, -0.25) is 4.79 Å². The summed E-state index contributed by atoms with van der Waals surface area (Å²) in [5, 5.41) is 11.2. The highest BCUT2D eigenvalue weighted by atomic mass is 16.5. The quantitative estimate of drug-likeness (QED) is 0.870. The van der Waals surface area contributed by atoms with Crippen molar-refractivity contribution in [3.8, 4) is 0 Å². The molecule has 2 N–H and O–H groups in total. The fraction of sp³-hybridized carbons (Fsp3) is 0.429.